The van der Waals surface area contributed by atoms with Crippen molar-refractivity contribution in [3.05, 3.63) is 71.0 Å². The van der Waals surface area contributed by atoms with Gasteiger partial charge in [-0.3, -0.25) is 9.59 Å². The molecule has 4 rings (SSSR count). The Morgan fingerprint density at radius 3 is 2.68 bits per heavy atom. The first-order valence-corrected chi connectivity index (χ1v) is 9.64. The number of carbonyl (C=O) groups excluding carboxylic acids is 2. The first-order chi connectivity index (χ1) is 13.6. The van der Waals surface area contributed by atoms with Crippen molar-refractivity contribution >= 4 is 34.0 Å². The van der Waals surface area contributed by atoms with Gasteiger partial charge in [-0.15, -0.1) is 10.2 Å². The fourth-order valence-electron chi connectivity index (χ4n) is 3.14. The van der Waals surface area contributed by atoms with Crippen molar-refractivity contribution in [2.24, 2.45) is 5.92 Å². The summed E-state index contributed by atoms with van der Waals surface area (Å²) < 4.78 is 14.0. The van der Waals surface area contributed by atoms with Gasteiger partial charge >= 0.3 is 0 Å². The minimum absolute atomic E-state index is 0.0375. The number of rotatable bonds is 5. The Balaban J connectivity index is 1.39. The molecule has 1 fully saturated rings. The van der Waals surface area contributed by atoms with Crippen LogP contribution in [0.5, 0.6) is 0 Å². The molecule has 6 nitrogen and oxygen atoms in total. The van der Waals surface area contributed by atoms with Gasteiger partial charge in [-0.2, -0.15) is 0 Å². The van der Waals surface area contributed by atoms with Crippen molar-refractivity contribution in [3.8, 4) is 0 Å². The lowest BCUT2D eigenvalue weighted by molar-refractivity contribution is -0.122. The summed E-state index contributed by atoms with van der Waals surface area (Å²) in [4.78, 5) is 26.1. The van der Waals surface area contributed by atoms with Crippen LogP contribution in [0.4, 0.5) is 15.2 Å². The maximum atomic E-state index is 14.0. The maximum Gasteiger partial charge on any atom is 0.231 e. The predicted molar refractivity (Wildman–Crippen MR) is 105 cm³/mol. The van der Waals surface area contributed by atoms with Crippen LogP contribution in [-0.2, 0) is 16.0 Å². The molecular weight excluding hydrogens is 379 g/mol. The van der Waals surface area contributed by atoms with Crippen LogP contribution in [0.2, 0.25) is 0 Å². The SMILES string of the molecule is O=C(Nc1nnc(Cc2ccccc2)s1)[C@@H]1CC(=O)N(c2ccccc2F)C1. The Morgan fingerprint density at radius 1 is 1.14 bits per heavy atom. The van der Waals surface area contributed by atoms with E-state index in [2.05, 4.69) is 15.5 Å². The highest BCUT2D eigenvalue weighted by molar-refractivity contribution is 7.15. The van der Waals surface area contributed by atoms with Gasteiger partial charge in [0, 0.05) is 19.4 Å². The first kappa shape index (κ1) is 18.2. The molecule has 0 bridgehead atoms. The zero-order valence-electron chi connectivity index (χ0n) is 14.8. The largest absolute Gasteiger partial charge is 0.309 e. The Morgan fingerprint density at radius 2 is 1.89 bits per heavy atom. The third-order valence-electron chi connectivity index (χ3n) is 4.53. The average Bonchev–Trinajstić information content (AvgIpc) is 3.29. The summed E-state index contributed by atoms with van der Waals surface area (Å²) in [7, 11) is 0. The Bertz CT molecular complexity index is 1010. The molecular formula is C20H17FN4O2S. The molecule has 0 radical (unpaired) electrons. The number of hydrogen-bond donors (Lipinski definition) is 1. The topological polar surface area (TPSA) is 75.2 Å². The van der Waals surface area contributed by atoms with Gasteiger partial charge in [-0.1, -0.05) is 53.8 Å². The van der Waals surface area contributed by atoms with E-state index in [1.807, 2.05) is 30.3 Å². The third kappa shape index (κ3) is 3.91. The van der Waals surface area contributed by atoms with Gasteiger partial charge < -0.3 is 10.2 Å². The Labute approximate surface area is 165 Å². The Hall–Kier alpha value is -3.13. The second kappa shape index (κ2) is 7.85. The molecule has 2 aromatic carbocycles. The first-order valence-electron chi connectivity index (χ1n) is 8.82. The molecule has 3 aromatic rings. The summed E-state index contributed by atoms with van der Waals surface area (Å²) in [6, 6.07) is 15.9. The summed E-state index contributed by atoms with van der Waals surface area (Å²) >= 11 is 1.30. The third-order valence-corrected chi connectivity index (χ3v) is 5.37. The molecule has 0 unspecified atom stereocenters. The fourth-order valence-corrected chi connectivity index (χ4v) is 3.92. The maximum absolute atomic E-state index is 14.0. The van der Waals surface area contributed by atoms with Gasteiger partial charge in [0.15, 0.2) is 0 Å². The lowest BCUT2D eigenvalue weighted by Gasteiger charge is -2.17. The number of amides is 2. The zero-order chi connectivity index (χ0) is 19.5. The number of nitrogens with zero attached hydrogens (tertiary/aromatic N) is 3. The number of anilines is 2. The molecule has 1 saturated heterocycles. The fraction of sp³-hybridized carbons (Fsp3) is 0.200. The molecule has 142 valence electrons. The number of benzene rings is 2. The van der Waals surface area contributed by atoms with Crippen molar-refractivity contribution in [3.63, 3.8) is 0 Å². The molecule has 1 aliphatic rings. The number of aromatic nitrogens is 2. The van der Waals surface area contributed by atoms with Crippen LogP contribution < -0.4 is 10.2 Å². The van der Waals surface area contributed by atoms with E-state index < -0.39 is 11.7 Å². The highest BCUT2D eigenvalue weighted by Gasteiger charge is 2.36. The van der Waals surface area contributed by atoms with E-state index in [4.69, 9.17) is 0 Å². The van der Waals surface area contributed by atoms with E-state index in [0.29, 0.717) is 11.6 Å². The lowest BCUT2D eigenvalue weighted by Crippen LogP contribution is -2.28. The molecule has 28 heavy (non-hydrogen) atoms. The second-order valence-electron chi connectivity index (χ2n) is 6.51. The summed E-state index contributed by atoms with van der Waals surface area (Å²) in [5.41, 5.74) is 1.31. The minimum atomic E-state index is -0.562. The van der Waals surface area contributed by atoms with Crippen molar-refractivity contribution < 1.29 is 14.0 Å². The molecule has 2 heterocycles. The summed E-state index contributed by atoms with van der Waals surface area (Å²) in [6.07, 6.45) is 0.674. The van der Waals surface area contributed by atoms with Gasteiger partial charge in [0.1, 0.15) is 10.8 Å². The number of carbonyl (C=O) groups is 2. The Kier molecular flexibility index (Phi) is 5.12. The van der Waals surface area contributed by atoms with Crippen LogP contribution in [0.15, 0.2) is 54.6 Å². The standard InChI is InChI=1S/C20H17FN4O2S/c21-15-8-4-5-9-16(15)25-12-14(11-18(25)26)19(27)22-20-24-23-17(28-20)10-13-6-2-1-3-7-13/h1-9,14H,10-12H2,(H,22,24,27)/t14-/m1/s1. The monoisotopic (exact) mass is 396 g/mol. The number of halogens is 1. The van der Waals surface area contributed by atoms with Crippen molar-refractivity contribution in [1.29, 1.82) is 0 Å². The summed E-state index contributed by atoms with van der Waals surface area (Å²) in [5.74, 6) is -1.62. The van der Waals surface area contributed by atoms with E-state index in [9.17, 15) is 14.0 Å². The van der Waals surface area contributed by atoms with Gasteiger partial charge in [0.05, 0.1) is 11.6 Å². The highest BCUT2D eigenvalue weighted by Crippen LogP contribution is 2.28. The van der Waals surface area contributed by atoms with E-state index in [1.54, 1.807) is 12.1 Å². The molecule has 2 amide bonds. The molecule has 1 atom stereocenters. The van der Waals surface area contributed by atoms with Gasteiger partial charge in [0.25, 0.3) is 0 Å². The molecule has 0 spiro atoms. The quantitative estimate of drug-likeness (QED) is 0.718. The molecule has 8 heteroatoms. The smallest absolute Gasteiger partial charge is 0.231 e. The molecule has 1 aromatic heterocycles. The van der Waals surface area contributed by atoms with Gasteiger partial charge in [0.2, 0.25) is 16.9 Å². The molecule has 1 N–H and O–H groups in total. The van der Waals surface area contributed by atoms with Crippen molar-refractivity contribution in [2.75, 3.05) is 16.8 Å². The van der Waals surface area contributed by atoms with E-state index in [-0.39, 0.29) is 30.5 Å². The number of nitrogens with one attached hydrogen (secondary N) is 1. The number of para-hydroxylation sites is 1. The van der Waals surface area contributed by atoms with Crippen molar-refractivity contribution in [2.45, 2.75) is 12.8 Å². The van der Waals surface area contributed by atoms with Crippen LogP contribution in [-0.4, -0.2) is 28.6 Å². The normalized spacial score (nSPS) is 16.4. The summed E-state index contributed by atoms with van der Waals surface area (Å²) in [6.45, 7) is 0.140. The van der Waals surface area contributed by atoms with E-state index in [0.717, 1.165) is 10.6 Å². The summed E-state index contributed by atoms with van der Waals surface area (Å²) in [5, 5.41) is 12.0. The van der Waals surface area contributed by atoms with Crippen LogP contribution in [0.25, 0.3) is 0 Å². The van der Waals surface area contributed by atoms with E-state index in [1.165, 1.54) is 28.4 Å². The van der Waals surface area contributed by atoms with Crippen molar-refractivity contribution in [1.82, 2.24) is 10.2 Å². The molecule has 0 aliphatic carbocycles. The van der Waals surface area contributed by atoms with Crippen LogP contribution in [0.3, 0.4) is 0 Å². The van der Waals surface area contributed by atoms with Gasteiger partial charge in [-0.25, -0.2) is 4.39 Å². The van der Waals surface area contributed by atoms with E-state index >= 15 is 0 Å². The van der Waals surface area contributed by atoms with Crippen LogP contribution >= 0.6 is 11.3 Å². The zero-order valence-corrected chi connectivity index (χ0v) is 15.7. The average molecular weight is 396 g/mol. The highest BCUT2D eigenvalue weighted by atomic mass is 32.1. The van der Waals surface area contributed by atoms with Crippen LogP contribution in [0, 0.1) is 11.7 Å². The predicted octanol–water partition coefficient (Wildman–Crippen LogP) is 3.26. The minimum Gasteiger partial charge on any atom is -0.309 e. The lowest BCUT2D eigenvalue weighted by atomic mass is 10.1. The molecule has 0 saturated carbocycles. The van der Waals surface area contributed by atoms with Crippen LogP contribution in [0.1, 0.15) is 17.0 Å². The van der Waals surface area contributed by atoms with Gasteiger partial charge in [-0.05, 0) is 17.7 Å². The molecule has 1 aliphatic heterocycles. The second-order valence-corrected chi connectivity index (χ2v) is 7.57. The number of hydrogen-bond acceptors (Lipinski definition) is 5.